The van der Waals surface area contributed by atoms with Crippen LogP contribution in [0.5, 0.6) is 0 Å². The van der Waals surface area contributed by atoms with Gasteiger partial charge in [0.25, 0.3) is 5.91 Å². The third-order valence-corrected chi connectivity index (χ3v) is 3.94. The Bertz CT molecular complexity index is 834. The smallest absolute Gasteiger partial charge is 0.251 e. The van der Waals surface area contributed by atoms with E-state index in [-0.39, 0.29) is 5.91 Å². The van der Waals surface area contributed by atoms with Gasteiger partial charge in [-0.2, -0.15) is 0 Å². The topological polar surface area (TPSA) is 69.3 Å². The van der Waals surface area contributed by atoms with Crippen LogP contribution < -0.4 is 5.32 Å². The number of hydrogen-bond donors (Lipinski definition) is 1. The molecule has 0 saturated carbocycles. The highest BCUT2D eigenvalue weighted by Crippen LogP contribution is 2.22. The first-order chi connectivity index (χ1) is 12.2. The molecule has 0 aliphatic heterocycles. The number of carbonyl (C=O) groups is 1. The Hall–Kier alpha value is -2.86. The van der Waals surface area contributed by atoms with Crippen LogP contribution >= 0.6 is 0 Å². The molecule has 0 radical (unpaired) electrons. The van der Waals surface area contributed by atoms with Crippen LogP contribution in [0.4, 0.5) is 0 Å². The van der Waals surface area contributed by atoms with Crippen LogP contribution in [0.1, 0.15) is 21.8 Å². The highest BCUT2D eigenvalue weighted by atomic mass is 16.5. The van der Waals surface area contributed by atoms with E-state index < -0.39 is 0 Å². The molecule has 3 rings (SSSR count). The molecule has 2 heterocycles. The van der Waals surface area contributed by atoms with Crippen LogP contribution in [0, 0.1) is 6.92 Å². The number of ether oxygens (including phenoxy) is 1. The van der Waals surface area contributed by atoms with Crippen molar-refractivity contribution in [3.8, 4) is 11.3 Å². The van der Waals surface area contributed by atoms with Crippen LogP contribution in [0.15, 0.2) is 53.3 Å². The van der Waals surface area contributed by atoms with Crippen molar-refractivity contribution in [2.24, 2.45) is 0 Å². The average molecular weight is 339 g/mol. The fourth-order valence-corrected chi connectivity index (χ4v) is 2.53. The lowest BCUT2D eigenvalue weighted by molar-refractivity contribution is 0.0950. The number of hydrogen-bond acceptors (Lipinski definition) is 4. The van der Waals surface area contributed by atoms with Gasteiger partial charge >= 0.3 is 0 Å². The summed E-state index contributed by atoms with van der Waals surface area (Å²) in [6, 6.07) is 11.2. The highest BCUT2D eigenvalue weighted by Gasteiger charge is 2.09. The van der Waals surface area contributed by atoms with Gasteiger partial charge in [0.15, 0.2) is 0 Å². The van der Waals surface area contributed by atoms with Gasteiger partial charge in [-0.05, 0) is 31.2 Å². The van der Waals surface area contributed by atoms with Crippen molar-refractivity contribution in [3.05, 3.63) is 65.9 Å². The average Bonchev–Trinajstić information content (AvgIpc) is 3.26. The first-order valence-electron chi connectivity index (χ1n) is 8.10. The first-order valence-corrected chi connectivity index (χ1v) is 8.10. The van der Waals surface area contributed by atoms with Crippen molar-refractivity contribution in [1.29, 1.82) is 0 Å². The zero-order chi connectivity index (χ0) is 17.6. The molecular weight excluding hydrogens is 318 g/mol. The van der Waals surface area contributed by atoms with E-state index in [2.05, 4.69) is 10.3 Å². The number of carbonyl (C=O) groups excluding carboxylic acids is 1. The minimum absolute atomic E-state index is 0.123. The minimum Gasteiger partial charge on any atom is -0.461 e. The zero-order valence-electron chi connectivity index (χ0n) is 14.4. The zero-order valence-corrected chi connectivity index (χ0v) is 14.4. The quantitative estimate of drug-likeness (QED) is 0.718. The number of amides is 1. The monoisotopic (exact) mass is 339 g/mol. The van der Waals surface area contributed by atoms with E-state index in [0.717, 1.165) is 22.8 Å². The lowest BCUT2D eigenvalue weighted by Crippen LogP contribution is -2.24. The van der Waals surface area contributed by atoms with E-state index in [1.54, 1.807) is 31.8 Å². The summed E-state index contributed by atoms with van der Waals surface area (Å²) in [6.07, 6.45) is 3.49. The van der Waals surface area contributed by atoms with E-state index in [1.165, 1.54) is 0 Å². The molecule has 1 N–H and O–H groups in total. The van der Waals surface area contributed by atoms with Gasteiger partial charge in [0.05, 0.1) is 25.2 Å². The minimum atomic E-state index is -0.123. The van der Waals surface area contributed by atoms with Crippen LogP contribution in [-0.2, 0) is 17.8 Å². The molecule has 0 fully saturated rings. The van der Waals surface area contributed by atoms with Gasteiger partial charge in [0.2, 0.25) is 0 Å². The Kier molecular flexibility index (Phi) is 5.30. The SMILES string of the molecule is COCCn1cncc1CNC(=O)c1ccc(-c2ccc(C)o2)cc1. The van der Waals surface area contributed by atoms with Crippen molar-refractivity contribution < 1.29 is 13.9 Å². The third-order valence-electron chi connectivity index (χ3n) is 3.94. The van der Waals surface area contributed by atoms with Crippen molar-refractivity contribution in [3.63, 3.8) is 0 Å². The Morgan fingerprint density at radius 1 is 1.24 bits per heavy atom. The number of aryl methyl sites for hydroxylation is 1. The summed E-state index contributed by atoms with van der Waals surface area (Å²) in [7, 11) is 1.66. The third kappa shape index (κ3) is 4.16. The predicted molar refractivity (Wildman–Crippen MR) is 94.2 cm³/mol. The molecule has 0 saturated heterocycles. The molecule has 0 aliphatic carbocycles. The maximum Gasteiger partial charge on any atom is 0.251 e. The number of furan rings is 1. The second kappa shape index (κ2) is 7.81. The Morgan fingerprint density at radius 2 is 2.04 bits per heavy atom. The summed E-state index contributed by atoms with van der Waals surface area (Å²) in [5.74, 6) is 1.54. The molecule has 1 aromatic carbocycles. The van der Waals surface area contributed by atoms with Crippen LogP contribution in [0.3, 0.4) is 0 Å². The number of imidazole rings is 1. The number of methoxy groups -OCH3 is 1. The second-order valence-electron chi connectivity index (χ2n) is 5.74. The summed E-state index contributed by atoms with van der Waals surface area (Å²) in [5.41, 5.74) is 2.49. The molecule has 1 amide bonds. The fourth-order valence-electron chi connectivity index (χ4n) is 2.53. The van der Waals surface area contributed by atoms with E-state index in [4.69, 9.17) is 9.15 Å². The predicted octanol–water partition coefficient (Wildman–Crippen LogP) is 3.03. The van der Waals surface area contributed by atoms with Gasteiger partial charge in [-0.15, -0.1) is 0 Å². The van der Waals surface area contributed by atoms with E-state index in [9.17, 15) is 4.79 Å². The van der Waals surface area contributed by atoms with E-state index >= 15 is 0 Å². The fraction of sp³-hybridized carbons (Fsp3) is 0.263. The standard InChI is InChI=1S/C19H21N3O3/c1-14-3-8-18(25-14)15-4-6-16(7-5-15)19(23)21-12-17-11-20-13-22(17)9-10-24-2/h3-8,11,13H,9-10,12H2,1-2H3,(H,21,23). The van der Waals surface area contributed by atoms with Crippen LogP contribution in [0.25, 0.3) is 11.3 Å². The number of benzene rings is 1. The van der Waals surface area contributed by atoms with E-state index in [0.29, 0.717) is 25.3 Å². The van der Waals surface area contributed by atoms with Gasteiger partial charge in [0, 0.05) is 31.0 Å². The molecule has 6 nitrogen and oxygen atoms in total. The molecule has 0 spiro atoms. The Labute approximate surface area is 146 Å². The molecule has 25 heavy (non-hydrogen) atoms. The largest absolute Gasteiger partial charge is 0.461 e. The lowest BCUT2D eigenvalue weighted by Gasteiger charge is -2.09. The molecule has 0 unspecified atom stereocenters. The Morgan fingerprint density at radius 3 is 2.72 bits per heavy atom. The van der Waals surface area contributed by atoms with Gasteiger partial charge in [-0.1, -0.05) is 12.1 Å². The number of nitrogens with one attached hydrogen (secondary N) is 1. The van der Waals surface area contributed by atoms with Gasteiger partial charge in [-0.25, -0.2) is 4.98 Å². The molecule has 0 bridgehead atoms. The normalized spacial score (nSPS) is 10.8. The molecule has 130 valence electrons. The van der Waals surface area contributed by atoms with Crippen molar-refractivity contribution in [1.82, 2.24) is 14.9 Å². The number of nitrogens with zero attached hydrogens (tertiary/aromatic N) is 2. The van der Waals surface area contributed by atoms with Crippen molar-refractivity contribution >= 4 is 5.91 Å². The molecule has 0 atom stereocenters. The number of aromatic nitrogens is 2. The summed E-state index contributed by atoms with van der Waals surface area (Å²) >= 11 is 0. The van der Waals surface area contributed by atoms with Crippen LogP contribution in [-0.4, -0.2) is 29.2 Å². The summed E-state index contributed by atoms with van der Waals surface area (Å²) in [5, 5.41) is 2.92. The van der Waals surface area contributed by atoms with Crippen molar-refractivity contribution in [2.45, 2.75) is 20.0 Å². The molecule has 0 aliphatic rings. The van der Waals surface area contributed by atoms with Gasteiger partial charge in [0.1, 0.15) is 11.5 Å². The van der Waals surface area contributed by atoms with Gasteiger partial charge < -0.3 is 19.0 Å². The lowest BCUT2D eigenvalue weighted by atomic mass is 10.1. The molecule has 6 heteroatoms. The summed E-state index contributed by atoms with van der Waals surface area (Å²) in [4.78, 5) is 16.4. The van der Waals surface area contributed by atoms with Crippen molar-refractivity contribution in [2.75, 3.05) is 13.7 Å². The van der Waals surface area contributed by atoms with Gasteiger partial charge in [-0.3, -0.25) is 4.79 Å². The molecule has 3 aromatic rings. The Balaban J connectivity index is 1.61. The summed E-state index contributed by atoms with van der Waals surface area (Å²) in [6.45, 7) is 3.63. The highest BCUT2D eigenvalue weighted by molar-refractivity contribution is 5.94. The summed E-state index contributed by atoms with van der Waals surface area (Å²) < 4.78 is 12.6. The van der Waals surface area contributed by atoms with E-state index in [1.807, 2.05) is 35.8 Å². The number of rotatable bonds is 7. The maximum absolute atomic E-state index is 12.3. The maximum atomic E-state index is 12.3. The molecular formula is C19H21N3O3. The van der Waals surface area contributed by atoms with Crippen LogP contribution in [0.2, 0.25) is 0 Å². The molecule has 2 aromatic heterocycles. The first kappa shape index (κ1) is 17.0. The second-order valence-corrected chi connectivity index (χ2v) is 5.74.